The Kier molecular flexibility index (Phi) is 5.77. The predicted octanol–water partition coefficient (Wildman–Crippen LogP) is 2.83. The van der Waals surface area contributed by atoms with Gasteiger partial charge in [-0.1, -0.05) is 41.7 Å². The van der Waals surface area contributed by atoms with Crippen molar-refractivity contribution in [3.63, 3.8) is 0 Å². The van der Waals surface area contributed by atoms with E-state index in [1.165, 1.54) is 6.08 Å². The first-order valence-corrected chi connectivity index (χ1v) is 5.04. The predicted molar refractivity (Wildman–Crippen MR) is 57.3 cm³/mol. The molecule has 0 saturated carbocycles. The van der Waals surface area contributed by atoms with Crippen LogP contribution in [0.25, 0.3) is 0 Å². The fraction of sp³-hybridized carbons (Fsp3) is 0.625. The van der Waals surface area contributed by atoms with E-state index < -0.39 is 9.58 Å². The van der Waals surface area contributed by atoms with E-state index >= 15 is 0 Å². The number of nitrogens with one attached hydrogen (secondary N) is 1. The summed E-state index contributed by atoms with van der Waals surface area (Å²) in [6, 6.07) is 0. The van der Waals surface area contributed by atoms with E-state index in [9.17, 15) is 4.79 Å². The maximum absolute atomic E-state index is 11.1. The van der Waals surface area contributed by atoms with Gasteiger partial charge in [0.2, 0.25) is 5.78 Å². The normalized spacial score (nSPS) is 12.8. The molecule has 0 heterocycles. The molecular weight excluding hydrogens is 232 g/mol. The van der Waals surface area contributed by atoms with Crippen molar-refractivity contribution >= 4 is 40.6 Å². The summed E-state index contributed by atoms with van der Waals surface area (Å²) < 4.78 is -1.85. The van der Waals surface area contributed by atoms with Crippen molar-refractivity contribution in [1.29, 1.82) is 0 Å². The molecule has 0 aliphatic carbocycles. The van der Waals surface area contributed by atoms with E-state index in [-0.39, 0.29) is 0 Å². The van der Waals surface area contributed by atoms with E-state index in [4.69, 9.17) is 34.8 Å². The number of alkyl halides is 3. The third-order valence-electron chi connectivity index (χ3n) is 1.28. The number of halogens is 3. The summed E-state index contributed by atoms with van der Waals surface area (Å²) in [5, 5.41) is 3.00. The number of allylic oxidation sites excluding steroid dienone is 2. The highest BCUT2D eigenvalue weighted by molar-refractivity contribution is 6.77. The molecule has 0 fully saturated rings. The molecule has 2 nitrogen and oxygen atoms in total. The average molecular weight is 245 g/mol. The van der Waals surface area contributed by atoms with Gasteiger partial charge in [-0.2, -0.15) is 0 Å². The van der Waals surface area contributed by atoms with Crippen molar-refractivity contribution in [2.45, 2.75) is 24.1 Å². The molecule has 0 unspecified atom stereocenters. The monoisotopic (exact) mass is 243 g/mol. The Bertz CT molecular complexity index is 208. The molecule has 0 spiro atoms. The Morgan fingerprint density at radius 3 is 2.38 bits per heavy atom. The lowest BCUT2D eigenvalue weighted by molar-refractivity contribution is -0.113. The van der Waals surface area contributed by atoms with Gasteiger partial charge >= 0.3 is 0 Å². The largest absolute Gasteiger partial charge is 0.388 e. The first kappa shape index (κ1) is 13.1. The van der Waals surface area contributed by atoms with Crippen LogP contribution in [-0.4, -0.2) is 16.1 Å². The van der Waals surface area contributed by atoms with Crippen molar-refractivity contribution < 1.29 is 4.79 Å². The van der Waals surface area contributed by atoms with E-state index in [1.54, 1.807) is 6.92 Å². The Balaban J connectivity index is 4.15. The van der Waals surface area contributed by atoms with Gasteiger partial charge in [0.15, 0.2) is 0 Å². The highest BCUT2D eigenvalue weighted by Crippen LogP contribution is 2.27. The zero-order valence-electron chi connectivity index (χ0n) is 7.53. The molecular formula is C8H12Cl3NO. The molecule has 0 aromatic carbocycles. The summed E-state index contributed by atoms with van der Waals surface area (Å²) in [6.07, 6.45) is 2.27. The van der Waals surface area contributed by atoms with E-state index in [1.807, 2.05) is 6.92 Å². The summed E-state index contributed by atoms with van der Waals surface area (Å²) >= 11 is 16.1. The van der Waals surface area contributed by atoms with Crippen LogP contribution in [0.5, 0.6) is 0 Å². The highest BCUT2D eigenvalue weighted by atomic mass is 35.6. The van der Waals surface area contributed by atoms with Gasteiger partial charge in [-0.05, 0) is 13.3 Å². The maximum Gasteiger partial charge on any atom is 0.252 e. The van der Waals surface area contributed by atoms with Gasteiger partial charge in [0.05, 0.1) is 0 Å². The van der Waals surface area contributed by atoms with Gasteiger partial charge in [0, 0.05) is 18.3 Å². The average Bonchev–Trinajstić information content (AvgIpc) is 1.99. The van der Waals surface area contributed by atoms with E-state index in [0.717, 1.165) is 13.0 Å². The number of hydrogen-bond donors (Lipinski definition) is 1. The van der Waals surface area contributed by atoms with Gasteiger partial charge in [-0.15, -0.1) is 0 Å². The van der Waals surface area contributed by atoms with E-state index in [2.05, 4.69) is 5.32 Å². The summed E-state index contributed by atoms with van der Waals surface area (Å²) in [4.78, 5) is 11.1. The summed E-state index contributed by atoms with van der Waals surface area (Å²) in [6.45, 7) is 4.58. The second kappa shape index (κ2) is 5.74. The van der Waals surface area contributed by atoms with Crippen molar-refractivity contribution in [2.75, 3.05) is 6.54 Å². The lowest BCUT2D eigenvalue weighted by Gasteiger charge is -2.08. The Morgan fingerprint density at radius 2 is 2.00 bits per heavy atom. The number of carbonyl (C=O) groups is 1. The Labute approximate surface area is 93.2 Å². The van der Waals surface area contributed by atoms with Gasteiger partial charge < -0.3 is 5.32 Å². The number of hydrogen-bond acceptors (Lipinski definition) is 2. The molecule has 0 aromatic heterocycles. The molecule has 0 saturated heterocycles. The summed E-state index contributed by atoms with van der Waals surface area (Å²) in [5.74, 6) is -0.529. The Morgan fingerprint density at radius 1 is 1.46 bits per heavy atom. The Hall–Kier alpha value is 0.0800. The van der Waals surface area contributed by atoms with Crippen LogP contribution < -0.4 is 5.32 Å². The van der Waals surface area contributed by atoms with Crippen molar-refractivity contribution in [3.05, 3.63) is 11.8 Å². The first-order chi connectivity index (χ1) is 5.88. The lowest BCUT2D eigenvalue weighted by atomic mass is 10.3. The number of rotatable bonds is 4. The smallest absolute Gasteiger partial charge is 0.252 e. The molecule has 13 heavy (non-hydrogen) atoms. The number of carbonyl (C=O) groups excluding carboxylic acids is 1. The van der Waals surface area contributed by atoms with Crippen LogP contribution in [0.1, 0.15) is 20.3 Å². The van der Waals surface area contributed by atoms with Crippen LogP contribution in [0.4, 0.5) is 0 Å². The third-order valence-corrected chi connectivity index (χ3v) is 1.84. The summed E-state index contributed by atoms with van der Waals surface area (Å²) in [5.41, 5.74) is 0.707. The molecule has 0 bridgehead atoms. The molecule has 0 radical (unpaired) electrons. The third kappa shape index (κ3) is 6.19. The molecule has 0 aromatic rings. The molecule has 5 heteroatoms. The quantitative estimate of drug-likeness (QED) is 0.609. The topological polar surface area (TPSA) is 29.1 Å². The SMILES string of the molecule is CCCN/C(C)=C\C(=O)C(Cl)(Cl)Cl. The fourth-order valence-electron chi connectivity index (χ4n) is 0.652. The minimum atomic E-state index is -1.85. The minimum absolute atomic E-state index is 0.529. The molecule has 0 atom stereocenters. The minimum Gasteiger partial charge on any atom is -0.388 e. The van der Waals surface area contributed by atoms with Gasteiger partial charge in [0.1, 0.15) is 0 Å². The molecule has 0 aliphatic heterocycles. The maximum atomic E-state index is 11.1. The fourth-order valence-corrected chi connectivity index (χ4v) is 0.815. The van der Waals surface area contributed by atoms with Crippen LogP contribution in [0.2, 0.25) is 0 Å². The van der Waals surface area contributed by atoms with Crippen LogP contribution in [0.3, 0.4) is 0 Å². The van der Waals surface area contributed by atoms with Crippen molar-refractivity contribution in [2.24, 2.45) is 0 Å². The van der Waals surface area contributed by atoms with Crippen molar-refractivity contribution in [3.8, 4) is 0 Å². The van der Waals surface area contributed by atoms with Crippen molar-refractivity contribution in [1.82, 2.24) is 5.32 Å². The van der Waals surface area contributed by atoms with Crippen LogP contribution in [0, 0.1) is 0 Å². The van der Waals surface area contributed by atoms with Gasteiger partial charge in [0.25, 0.3) is 3.79 Å². The zero-order chi connectivity index (χ0) is 10.5. The first-order valence-electron chi connectivity index (χ1n) is 3.91. The van der Waals surface area contributed by atoms with Gasteiger partial charge in [-0.3, -0.25) is 4.79 Å². The van der Waals surface area contributed by atoms with Crippen LogP contribution >= 0.6 is 34.8 Å². The molecule has 0 rings (SSSR count). The second-order valence-corrected chi connectivity index (χ2v) is 4.90. The second-order valence-electron chi connectivity index (χ2n) is 2.62. The van der Waals surface area contributed by atoms with E-state index in [0.29, 0.717) is 5.70 Å². The highest BCUT2D eigenvalue weighted by Gasteiger charge is 2.28. The zero-order valence-corrected chi connectivity index (χ0v) is 9.80. The van der Waals surface area contributed by atoms with Gasteiger partial charge in [-0.25, -0.2) is 0 Å². The molecule has 1 N–H and O–H groups in total. The van der Waals surface area contributed by atoms with Crippen LogP contribution in [0.15, 0.2) is 11.8 Å². The number of ketones is 1. The molecule has 76 valence electrons. The molecule has 0 amide bonds. The van der Waals surface area contributed by atoms with Crippen LogP contribution in [-0.2, 0) is 4.79 Å². The lowest BCUT2D eigenvalue weighted by Crippen LogP contribution is -2.19. The molecule has 0 aliphatic rings. The summed E-state index contributed by atoms with van der Waals surface area (Å²) in [7, 11) is 0. The standard InChI is InChI=1S/C8H12Cl3NO/c1-3-4-12-6(2)5-7(13)8(9,10)11/h5,12H,3-4H2,1-2H3/b6-5-.